The first-order valence-corrected chi connectivity index (χ1v) is 7.92. The number of nitriles is 1. The van der Waals surface area contributed by atoms with Crippen LogP contribution in [0.1, 0.15) is 38.3 Å². The number of sulfonamides is 1. The van der Waals surface area contributed by atoms with Crippen molar-refractivity contribution < 1.29 is 8.42 Å². The number of pyridine rings is 1. The van der Waals surface area contributed by atoms with Gasteiger partial charge in [-0.3, -0.25) is 0 Å². The molecule has 0 spiro atoms. The van der Waals surface area contributed by atoms with Crippen LogP contribution in [0.3, 0.4) is 0 Å². The van der Waals surface area contributed by atoms with Crippen LogP contribution in [-0.2, 0) is 10.0 Å². The van der Waals surface area contributed by atoms with Crippen LogP contribution in [0, 0.1) is 17.2 Å². The molecule has 1 fully saturated rings. The van der Waals surface area contributed by atoms with Crippen molar-refractivity contribution in [3.8, 4) is 6.07 Å². The summed E-state index contributed by atoms with van der Waals surface area (Å²) in [6.07, 6.45) is 5.41. The summed E-state index contributed by atoms with van der Waals surface area (Å²) in [5, 5.41) is 8.92. The summed E-state index contributed by atoms with van der Waals surface area (Å²) in [6, 6.07) is 4.69. The van der Waals surface area contributed by atoms with E-state index in [2.05, 4.69) is 9.71 Å². The average Bonchev–Trinajstić information content (AvgIpc) is 3.21. The van der Waals surface area contributed by atoms with Crippen LogP contribution in [0.15, 0.2) is 23.2 Å². The van der Waals surface area contributed by atoms with Crippen LogP contribution < -0.4 is 4.72 Å². The molecule has 0 amide bonds. The summed E-state index contributed by atoms with van der Waals surface area (Å²) in [7, 11) is -3.67. The van der Waals surface area contributed by atoms with Gasteiger partial charge >= 0.3 is 0 Å². The van der Waals surface area contributed by atoms with Crippen molar-refractivity contribution in [2.45, 2.75) is 43.5 Å². The summed E-state index contributed by atoms with van der Waals surface area (Å²) in [5.41, 5.74) is -0.0590. The monoisotopic (exact) mass is 279 g/mol. The molecule has 0 bridgehead atoms. The smallest absolute Gasteiger partial charge is 0.243 e. The molecule has 6 heteroatoms. The highest BCUT2D eigenvalue weighted by molar-refractivity contribution is 7.89. The van der Waals surface area contributed by atoms with Gasteiger partial charge in [-0.2, -0.15) is 5.26 Å². The van der Waals surface area contributed by atoms with Gasteiger partial charge in [-0.15, -0.1) is 0 Å². The predicted molar refractivity (Wildman–Crippen MR) is 70.7 cm³/mol. The van der Waals surface area contributed by atoms with Crippen LogP contribution in [0.25, 0.3) is 0 Å². The molecule has 0 saturated heterocycles. The number of hydrogen-bond donors (Lipinski definition) is 1. The molecule has 19 heavy (non-hydrogen) atoms. The van der Waals surface area contributed by atoms with Crippen molar-refractivity contribution in [1.82, 2.24) is 9.71 Å². The fraction of sp³-hybridized carbons (Fsp3) is 0.538. The van der Waals surface area contributed by atoms with Gasteiger partial charge in [0.05, 0.1) is 0 Å². The van der Waals surface area contributed by atoms with E-state index in [1.807, 2.05) is 13.0 Å². The Morgan fingerprint density at radius 3 is 2.89 bits per heavy atom. The Morgan fingerprint density at radius 1 is 1.58 bits per heavy atom. The maximum absolute atomic E-state index is 12.3. The number of aromatic nitrogens is 1. The fourth-order valence-corrected chi connectivity index (χ4v) is 3.47. The molecule has 0 aromatic carbocycles. The second kappa shape index (κ2) is 5.68. The molecule has 102 valence electrons. The van der Waals surface area contributed by atoms with Crippen LogP contribution in [-0.4, -0.2) is 19.4 Å². The molecule has 0 radical (unpaired) electrons. The minimum absolute atomic E-state index is 0.0354. The van der Waals surface area contributed by atoms with Crippen LogP contribution in [0.4, 0.5) is 0 Å². The van der Waals surface area contributed by atoms with Crippen molar-refractivity contribution in [3.05, 3.63) is 24.0 Å². The molecule has 1 atom stereocenters. The van der Waals surface area contributed by atoms with Gasteiger partial charge in [0.2, 0.25) is 10.0 Å². The number of nitrogens with zero attached hydrogens (tertiary/aromatic N) is 2. The van der Waals surface area contributed by atoms with Gasteiger partial charge in [0.1, 0.15) is 11.0 Å². The van der Waals surface area contributed by atoms with E-state index in [9.17, 15) is 8.42 Å². The van der Waals surface area contributed by atoms with E-state index in [0.29, 0.717) is 5.92 Å². The number of rotatable bonds is 6. The van der Waals surface area contributed by atoms with Gasteiger partial charge in [0.25, 0.3) is 0 Å². The third-order valence-corrected chi connectivity index (χ3v) is 4.85. The van der Waals surface area contributed by atoms with Crippen LogP contribution in [0.2, 0.25) is 0 Å². The van der Waals surface area contributed by atoms with E-state index in [4.69, 9.17) is 5.26 Å². The van der Waals surface area contributed by atoms with Crippen LogP contribution >= 0.6 is 0 Å². The quantitative estimate of drug-likeness (QED) is 0.860. The molecule has 1 saturated carbocycles. The molecule has 2 rings (SSSR count). The average molecular weight is 279 g/mol. The lowest BCUT2D eigenvalue weighted by Crippen LogP contribution is -2.35. The summed E-state index contributed by atoms with van der Waals surface area (Å²) < 4.78 is 27.2. The highest BCUT2D eigenvalue weighted by atomic mass is 32.2. The summed E-state index contributed by atoms with van der Waals surface area (Å²) >= 11 is 0. The topological polar surface area (TPSA) is 82.8 Å². The fourth-order valence-electron chi connectivity index (χ4n) is 2.03. The third-order valence-electron chi connectivity index (χ3n) is 3.30. The lowest BCUT2D eigenvalue weighted by Gasteiger charge is -2.17. The number of hydrogen-bond acceptors (Lipinski definition) is 4. The first-order valence-electron chi connectivity index (χ1n) is 6.44. The largest absolute Gasteiger partial charge is 0.244 e. The second-order valence-electron chi connectivity index (χ2n) is 4.87. The number of nitrogens with one attached hydrogen (secondary N) is 1. The molecule has 1 unspecified atom stereocenters. The summed E-state index contributed by atoms with van der Waals surface area (Å²) in [6.45, 7) is 1.96. The van der Waals surface area contributed by atoms with Gasteiger partial charge in [0.15, 0.2) is 5.69 Å². The molecule has 1 aromatic heterocycles. The first kappa shape index (κ1) is 14.0. The Bertz CT molecular complexity index is 588. The molecule has 1 aromatic rings. The van der Waals surface area contributed by atoms with Crippen molar-refractivity contribution in [3.63, 3.8) is 0 Å². The summed E-state index contributed by atoms with van der Waals surface area (Å²) in [5.74, 6) is 0.650. The minimum Gasteiger partial charge on any atom is -0.244 e. The Balaban J connectivity index is 2.19. The lowest BCUT2D eigenvalue weighted by molar-refractivity contribution is 0.495. The van der Waals surface area contributed by atoms with Crippen molar-refractivity contribution >= 4 is 10.0 Å². The molecule has 0 aliphatic heterocycles. The van der Waals surface area contributed by atoms with Crippen molar-refractivity contribution in [2.24, 2.45) is 5.92 Å². The van der Waals surface area contributed by atoms with Crippen LogP contribution in [0.5, 0.6) is 0 Å². The SMILES string of the molecule is CCC(CC1CC1)NS(=O)(=O)c1cccnc1C#N. The normalized spacial score (nSPS) is 16.8. The maximum atomic E-state index is 12.3. The molecular formula is C13H17N3O2S. The maximum Gasteiger partial charge on any atom is 0.243 e. The third kappa shape index (κ3) is 3.52. The zero-order valence-corrected chi connectivity index (χ0v) is 11.7. The molecule has 1 aliphatic rings. The lowest BCUT2D eigenvalue weighted by atomic mass is 10.1. The van der Waals surface area contributed by atoms with Crippen molar-refractivity contribution in [2.75, 3.05) is 0 Å². The van der Waals surface area contributed by atoms with E-state index in [1.165, 1.54) is 31.2 Å². The zero-order valence-electron chi connectivity index (χ0n) is 10.8. The van der Waals surface area contributed by atoms with E-state index in [0.717, 1.165) is 12.8 Å². The van der Waals surface area contributed by atoms with Gasteiger partial charge in [0, 0.05) is 12.2 Å². The summed E-state index contributed by atoms with van der Waals surface area (Å²) in [4.78, 5) is 3.75. The van der Waals surface area contributed by atoms with Gasteiger partial charge < -0.3 is 0 Å². The molecule has 1 aliphatic carbocycles. The highest BCUT2D eigenvalue weighted by Crippen LogP contribution is 2.34. The minimum atomic E-state index is -3.67. The van der Waals surface area contributed by atoms with Gasteiger partial charge in [-0.25, -0.2) is 18.1 Å². The molecular weight excluding hydrogens is 262 g/mol. The van der Waals surface area contributed by atoms with E-state index in [1.54, 1.807) is 0 Å². The first-order chi connectivity index (χ1) is 9.06. The van der Waals surface area contributed by atoms with Crippen molar-refractivity contribution in [1.29, 1.82) is 5.26 Å². The molecule has 5 nitrogen and oxygen atoms in total. The Morgan fingerprint density at radius 2 is 2.32 bits per heavy atom. The Labute approximate surface area is 113 Å². The Hall–Kier alpha value is -1.45. The van der Waals surface area contributed by atoms with Gasteiger partial charge in [-0.05, 0) is 30.9 Å². The predicted octanol–water partition coefficient (Wildman–Crippen LogP) is 1.81. The Kier molecular flexibility index (Phi) is 4.17. The molecule has 1 heterocycles. The van der Waals surface area contributed by atoms with E-state index in [-0.39, 0.29) is 16.6 Å². The molecule has 1 N–H and O–H groups in total. The zero-order chi connectivity index (χ0) is 13.9. The van der Waals surface area contributed by atoms with Gasteiger partial charge in [-0.1, -0.05) is 19.8 Å². The van der Waals surface area contributed by atoms with E-state index < -0.39 is 10.0 Å². The standard InChI is InChI=1S/C13H17N3O2S/c1-2-11(8-10-5-6-10)16-19(17,18)13-4-3-7-15-12(13)9-14/h3-4,7,10-11,16H,2,5-6,8H2,1H3. The second-order valence-corrected chi connectivity index (χ2v) is 6.55. The highest BCUT2D eigenvalue weighted by Gasteiger charge is 2.28. The van der Waals surface area contributed by atoms with E-state index >= 15 is 0 Å².